The third-order valence-electron chi connectivity index (χ3n) is 5.70. The van der Waals surface area contributed by atoms with E-state index >= 15 is 0 Å². The smallest absolute Gasteiger partial charge is 0.243 e. The van der Waals surface area contributed by atoms with E-state index < -0.39 is 10.0 Å². The van der Waals surface area contributed by atoms with Gasteiger partial charge >= 0.3 is 0 Å². The molecule has 162 valence electrons. The molecule has 0 radical (unpaired) electrons. The summed E-state index contributed by atoms with van der Waals surface area (Å²) in [4.78, 5) is 14.9. The Morgan fingerprint density at radius 3 is 2.17 bits per heavy atom. The molecule has 0 bridgehead atoms. The van der Waals surface area contributed by atoms with E-state index in [1.807, 2.05) is 43.4 Å². The molecule has 0 aliphatic carbocycles. The minimum absolute atomic E-state index is 0.0799. The Labute approximate surface area is 188 Å². The van der Waals surface area contributed by atoms with Crippen molar-refractivity contribution in [2.24, 2.45) is 5.92 Å². The van der Waals surface area contributed by atoms with E-state index in [0.29, 0.717) is 43.3 Å². The van der Waals surface area contributed by atoms with Crippen LogP contribution in [0.1, 0.15) is 43.7 Å². The number of hydrogen-bond donors (Lipinski definition) is 0. The highest BCUT2D eigenvalue weighted by molar-refractivity contribution is 9.10. The zero-order chi connectivity index (χ0) is 21.9. The summed E-state index contributed by atoms with van der Waals surface area (Å²) < 4.78 is 28.5. The highest BCUT2D eigenvalue weighted by atomic mass is 79.9. The summed E-state index contributed by atoms with van der Waals surface area (Å²) in [6, 6.07) is 15.0. The summed E-state index contributed by atoms with van der Waals surface area (Å²) in [5.74, 6) is 0.300. The molecule has 2 aromatic carbocycles. The monoisotopic (exact) mass is 492 g/mol. The number of piperidine rings is 1. The lowest BCUT2D eigenvalue weighted by Crippen LogP contribution is -2.43. The van der Waals surface area contributed by atoms with E-state index in [0.717, 1.165) is 15.6 Å². The Morgan fingerprint density at radius 2 is 1.63 bits per heavy atom. The molecule has 0 aromatic heterocycles. The zero-order valence-electron chi connectivity index (χ0n) is 17.7. The maximum absolute atomic E-state index is 13.0. The fourth-order valence-corrected chi connectivity index (χ4v) is 5.50. The number of sulfonamides is 1. The quantitative estimate of drug-likeness (QED) is 0.590. The van der Waals surface area contributed by atoms with Crippen LogP contribution in [0.3, 0.4) is 0 Å². The van der Waals surface area contributed by atoms with Gasteiger partial charge < -0.3 is 4.90 Å². The Balaban J connectivity index is 1.59. The maximum Gasteiger partial charge on any atom is 0.243 e. The van der Waals surface area contributed by atoms with Crippen molar-refractivity contribution in [3.8, 4) is 0 Å². The lowest BCUT2D eigenvalue weighted by molar-refractivity contribution is -0.135. The van der Waals surface area contributed by atoms with Crippen molar-refractivity contribution >= 4 is 31.9 Å². The van der Waals surface area contributed by atoms with Crippen LogP contribution in [0.5, 0.6) is 0 Å². The zero-order valence-corrected chi connectivity index (χ0v) is 20.1. The van der Waals surface area contributed by atoms with Crippen molar-refractivity contribution in [1.82, 2.24) is 9.21 Å². The first-order valence-corrected chi connectivity index (χ1v) is 12.5. The number of benzene rings is 2. The molecule has 1 saturated heterocycles. The molecule has 1 aliphatic heterocycles. The van der Waals surface area contributed by atoms with Crippen molar-refractivity contribution < 1.29 is 13.2 Å². The highest BCUT2D eigenvalue weighted by Gasteiger charge is 2.33. The molecule has 0 atom stereocenters. The molecule has 2 aromatic rings. The van der Waals surface area contributed by atoms with Gasteiger partial charge in [-0.15, -0.1) is 0 Å². The Bertz CT molecular complexity index is 965. The van der Waals surface area contributed by atoms with Crippen LogP contribution >= 0.6 is 15.9 Å². The lowest BCUT2D eigenvalue weighted by Gasteiger charge is -2.32. The summed E-state index contributed by atoms with van der Waals surface area (Å²) in [6.45, 7) is 5.46. The Hall–Kier alpha value is -1.70. The van der Waals surface area contributed by atoms with Gasteiger partial charge in [0, 0.05) is 37.1 Å². The average Bonchev–Trinajstić information content (AvgIpc) is 2.75. The molecule has 0 N–H and O–H groups in total. The number of nitrogens with zero attached hydrogens (tertiary/aromatic N) is 2. The Kier molecular flexibility index (Phi) is 7.37. The second-order valence-corrected chi connectivity index (χ2v) is 11.1. The second-order valence-electron chi connectivity index (χ2n) is 8.22. The van der Waals surface area contributed by atoms with Crippen molar-refractivity contribution in [3.05, 3.63) is 64.1 Å². The van der Waals surface area contributed by atoms with Crippen LogP contribution in [0.25, 0.3) is 0 Å². The molecule has 0 unspecified atom stereocenters. The first-order valence-electron chi connectivity index (χ1n) is 10.3. The van der Waals surface area contributed by atoms with E-state index in [2.05, 4.69) is 29.8 Å². The minimum atomic E-state index is -3.52. The van der Waals surface area contributed by atoms with E-state index in [9.17, 15) is 13.2 Å². The minimum Gasteiger partial charge on any atom is -0.341 e. The van der Waals surface area contributed by atoms with Crippen LogP contribution in [-0.4, -0.2) is 43.7 Å². The topological polar surface area (TPSA) is 57.7 Å². The Morgan fingerprint density at radius 1 is 1.07 bits per heavy atom. The number of rotatable bonds is 6. The third-order valence-corrected chi connectivity index (χ3v) is 8.14. The summed E-state index contributed by atoms with van der Waals surface area (Å²) >= 11 is 3.42. The normalized spacial score (nSPS) is 16.0. The van der Waals surface area contributed by atoms with Crippen molar-refractivity contribution in [2.75, 3.05) is 20.1 Å². The van der Waals surface area contributed by atoms with Crippen molar-refractivity contribution in [3.63, 3.8) is 0 Å². The number of carbonyl (C=O) groups is 1. The number of hydrogen-bond acceptors (Lipinski definition) is 3. The van der Waals surface area contributed by atoms with Gasteiger partial charge in [-0.25, -0.2) is 8.42 Å². The number of carbonyl (C=O) groups excluding carboxylic acids is 1. The van der Waals surface area contributed by atoms with Crippen LogP contribution in [0.4, 0.5) is 0 Å². The van der Waals surface area contributed by atoms with Crippen LogP contribution in [0.2, 0.25) is 0 Å². The molecule has 0 spiro atoms. The van der Waals surface area contributed by atoms with Gasteiger partial charge in [0.2, 0.25) is 15.9 Å². The fourth-order valence-electron chi connectivity index (χ4n) is 3.77. The first kappa shape index (κ1) is 23.0. The largest absolute Gasteiger partial charge is 0.341 e. The maximum atomic E-state index is 13.0. The first-order chi connectivity index (χ1) is 14.2. The third kappa shape index (κ3) is 5.31. The number of halogens is 1. The summed E-state index contributed by atoms with van der Waals surface area (Å²) in [5.41, 5.74) is 2.19. The van der Waals surface area contributed by atoms with Gasteiger partial charge in [0.05, 0.1) is 4.90 Å². The summed E-state index contributed by atoms with van der Waals surface area (Å²) in [6.07, 6.45) is 1.10. The van der Waals surface area contributed by atoms with Gasteiger partial charge in [-0.3, -0.25) is 4.79 Å². The fraction of sp³-hybridized carbons (Fsp3) is 0.435. The molecule has 0 saturated carbocycles. The molecule has 1 aliphatic rings. The van der Waals surface area contributed by atoms with Gasteiger partial charge in [-0.2, -0.15) is 4.31 Å². The molecular weight excluding hydrogens is 464 g/mol. The molecular formula is C23H29BrN2O3S. The van der Waals surface area contributed by atoms with Crippen molar-refractivity contribution in [2.45, 2.75) is 44.0 Å². The van der Waals surface area contributed by atoms with E-state index in [-0.39, 0.29) is 11.8 Å². The van der Waals surface area contributed by atoms with Gasteiger partial charge in [-0.05, 0) is 54.2 Å². The van der Waals surface area contributed by atoms with Crippen molar-refractivity contribution in [1.29, 1.82) is 0 Å². The second kappa shape index (κ2) is 9.62. The standard InChI is InChI=1S/C23H29BrN2O3S/c1-17(2)19-6-10-22(11-7-19)30(28,29)26-14-12-20(13-15-26)23(27)25(3)16-18-4-8-21(24)9-5-18/h4-11,17,20H,12-16H2,1-3H3. The molecule has 1 heterocycles. The van der Waals surface area contributed by atoms with E-state index in [1.54, 1.807) is 17.0 Å². The van der Waals surface area contributed by atoms with Crippen LogP contribution < -0.4 is 0 Å². The predicted molar refractivity (Wildman–Crippen MR) is 123 cm³/mol. The van der Waals surface area contributed by atoms with Gasteiger partial charge in [-0.1, -0.05) is 54.0 Å². The molecule has 7 heteroatoms. The summed E-state index contributed by atoms with van der Waals surface area (Å²) in [5, 5.41) is 0. The number of amides is 1. The van der Waals surface area contributed by atoms with E-state index in [4.69, 9.17) is 0 Å². The molecule has 30 heavy (non-hydrogen) atoms. The lowest BCUT2D eigenvalue weighted by atomic mass is 9.96. The average molecular weight is 493 g/mol. The summed E-state index contributed by atoms with van der Waals surface area (Å²) in [7, 11) is -1.71. The van der Waals surface area contributed by atoms with Gasteiger partial charge in [0.1, 0.15) is 0 Å². The van der Waals surface area contributed by atoms with Crippen LogP contribution in [0.15, 0.2) is 57.9 Å². The SMILES string of the molecule is CC(C)c1ccc(S(=O)(=O)N2CCC(C(=O)N(C)Cc3ccc(Br)cc3)CC2)cc1. The van der Waals surface area contributed by atoms with Crippen LogP contribution in [-0.2, 0) is 21.4 Å². The molecule has 5 nitrogen and oxygen atoms in total. The van der Waals surface area contributed by atoms with Gasteiger partial charge in [0.15, 0.2) is 0 Å². The molecule has 3 rings (SSSR count). The highest BCUT2D eigenvalue weighted by Crippen LogP contribution is 2.26. The molecule has 1 fully saturated rings. The van der Waals surface area contributed by atoms with Gasteiger partial charge in [0.25, 0.3) is 0 Å². The van der Waals surface area contributed by atoms with Crippen LogP contribution in [0, 0.1) is 5.92 Å². The van der Waals surface area contributed by atoms with E-state index in [1.165, 1.54) is 4.31 Å². The predicted octanol–water partition coefficient (Wildman–Crippen LogP) is 4.63. The molecule has 1 amide bonds.